The van der Waals surface area contributed by atoms with Crippen molar-refractivity contribution in [1.29, 1.82) is 0 Å². The van der Waals surface area contributed by atoms with Crippen LogP contribution >= 0.6 is 0 Å². The lowest BCUT2D eigenvalue weighted by Gasteiger charge is -2.29. The maximum absolute atomic E-state index is 12.1. The average molecular weight is 295 g/mol. The van der Waals surface area contributed by atoms with Crippen LogP contribution in [0.25, 0.3) is 0 Å². The lowest BCUT2D eigenvalue weighted by atomic mass is 9.82. The van der Waals surface area contributed by atoms with Gasteiger partial charge in [0.25, 0.3) is 0 Å². The summed E-state index contributed by atoms with van der Waals surface area (Å²) < 4.78 is 11.3. The number of carbonyl (C=O) groups is 1. The van der Waals surface area contributed by atoms with Crippen LogP contribution in [0.5, 0.6) is 11.5 Å². The molecule has 2 aromatic carbocycles. The van der Waals surface area contributed by atoms with Crippen molar-refractivity contribution < 1.29 is 14.3 Å². The summed E-state index contributed by atoms with van der Waals surface area (Å²) in [5.41, 5.74) is 4.31. The fourth-order valence-electron chi connectivity index (χ4n) is 3.25. The van der Waals surface area contributed by atoms with Crippen LogP contribution in [0, 0.1) is 6.92 Å². The molecular weight excluding hydrogens is 278 g/mol. The summed E-state index contributed by atoms with van der Waals surface area (Å²) in [6, 6.07) is 12.1. The first-order chi connectivity index (χ1) is 10.7. The molecule has 112 valence electrons. The lowest BCUT2D eigenvalue weighted by Crippen LogP contribution is -2.25. The minimum atomic E-state index is 0.0393. The third-order valence-corrected chi connectivity index (χ3v) is 4.32. The highest BCUT2D eigenvalue weighted by Crippen LogP contribution is 2.44. The topological polar surface area (TPSA) is 47.6 Å². The first kappa shape index (κ1) is 13.2. The Balaban J connectivity index is 1.86. The summed E-state index contributed by atoms with van der Waals surface area (Å²) in [6.45, 7) is 3.19. The number of benzene rings is 2. The lowest BCUT2D eigenvalue weighted by molar-refractivity contribution is -0.116. The number of ether oxygens (including phenoxy) is 2. The molecule has 0 bridgehead atoms. The Morgan fingerprint density at radius 1 is 1.05 bits per heavy atom. The van der Waals surface area contributed by atoms with Gasteiger partial charge in [0.15, 0.2) is 11.5 Å². The Morgan fingerprint density at radius 3 is 2.55 bits per heavy atom. The fraction of sp³-hybridized carbons (Fsp3) is 0.278. The van der Waals surface area contributed by atoms with E-state index in [0.717, 1.165) is 17.0 Å². The number of nitrogens with one attached hydrogen (secondary N) is 1. The van der Waals surface area contributed by atoms with Crippen LogP contribution in [0.4, 0.5) is 5.69 Å². The SMILES string of the molecule is Cc1ccccc1C1CC(=O)Nc2cc3c(cc21)OCCO3. The summed E-state index contributed by atoms with van der Waals surface area (Å²) in [7, 11) is 0. The standard InChI is InChI=1S/C18H17NO3/c1-11-4-2-3-5-12(11)13-9-18(20)19-15-10-17-16(8-14(13)15)21-6-7-22-17/h2-5,8,10,13H,6-7,9H2,1H3,(H,19,20). The van der Waals surface area contributed by atoms with Gasteiger partial charge >= 0.3 is 0 Å². The molecule has 0 aliphatic carbocycles. The van der Waals surface area contributed by atoms with Crippen molar-refractivity contribution in [3.63, 3.8) is 0 Å². The molecule has 0 spiro atoms. The Morgan fingerprint density at radius 2 is 1.77 bits per heavy atom. The maximum Gasteiger partial charge on any atom is 0.225 e. The van der Waals surface area contributed by atoms with Crippen LogP contribution < -0.4 is 14.8 Å². The Hall–Kier alpha value is -2.49. The number of rotatable bonds is 1. The second-order valence-corrected chi connectivity index (χ2v) is 5.74. The zero-order chi connectivity index (χ0) is 15.1. The molecule has 0 aromatic heterocycles. The second kappa shape index (κ2) is 5.05. The highest BCUT2D eigenvalue weighted by atomic mass is 16.6. The zero-order valence-electron chi connectivity index (χ0n) is 12.4. The minimum Gasteiger partial charge on any atom is -0.486 e. The van der Waals surface area contributed by atoms with E-state index in [4.69, 9.17) is 9.47 Å². The van der Waals surface area contributed by atoms with Crippen LogP contribution in [0.2, 0.25) is 0 Å². The first-order valence-electron chi connectivity index (χ1n) is 7.51. The number of aryl methyl sites for hydroxylation is 1. The molecular formula is C18H17NO3. The van der Waals surface area contributed by atoms with E-state index in [1.165, 1.54) is 11.1 Å². The van der Waals surface area contributed by atoms with Crippen LogP contribution in [0.15, 0.2) is 36.4 Å². The Bertz CT molecular complexity index is 754. The third-order valence-electron chi connectivity index (χ3n) is 4.32. The van der Waals surface area contributed by atoms with Crippen molar-refractivity contribution in [2.75, 3.05) is 18.5 Å². The summed E-state index contributed by atoms with van der Waals surface area (Å²) in [5.74, 6) is 1.56. The van der Waals surface area contributed by atoms with Crippen molar-refractivity contribution in [3.8, 4) is 11.5 Å². The molecule has 0 fully saturated rings. The highest BCUT2D eigenvalue weighted by molar-refractivity contribution is 5.96. The van der Waals surface area contributed by atoms with Gasteiger partial charge in [-0.3, -0.25) is 4.79 Å². The predicted octanol–water partition coefficient (Wildman–Crippen LogP) is 3.24. The largest absolute Gasteiger partial charge is 0.486 e. The van der Waals surface area contributed by atoms with E-state index >= 15 is 0 Å². The summed E-state index contributed by atoms with van der Waals surface area (Å²) in [6.07, 6.45) is 0.456. The van der Waals surface area contributed by atoms with E-state index in [2.05, 4.69) is 24.4 Å². The first-order valence-corrected chi connectivity index (χ1v) is 7.51. The molecule has 2 aliphatic heterocycles. The van der Waals surface area contributed by atoms with Crippen molar-refractivity contribution in [2.45, 2.75) is 19.3 Å². The summed E-state index contributed by atoms with van der Waals surface area (Å²) in [5, 5.41) is 2.95. The Labute approximate surface area is 129 Å². The van der Waals surface area contributed by atoms with E-state index in [9.17, 15) is 4.79 Å². The van der Waals surface area contributed by atoms with Gasteiger partial charge in [0, 0.05) is 24.1 Å². The number of hydrogen-bond acceptors (Lipinski definition) is 3. The minimum absolute atomic E-state index is 0.0393. The molecule has 2 aromatic rings. The van der Waals surface area contributed by atoms with E-state index < -0.39 is 0 Å². The van der Waals surface area contributed by atoms with Crippen LogP contribution in [0.3, 0.4) is 0 Å². The number of fused-ring (bicyclic) bond motifs is 2. The van der Waals surface area contributed by atoms with Crippen LogP contribution in [-0.2, 0) is 4.79 Å². The molecule has 1 amide bonds. The summed E-state index contributed by atoms with van der Waals surface area (Å²) in [4.78, 5) is 12.1. The predicted molar refractivity (Wildman–Crippen MR) is 83.7 cm³/mol. The van der Waals surface area contributed by atoms with Crippen molar-refractivity contribution in [3.05, 3.63) is 53.1 Å². The van der Waals surface area contributed by atoms with Gasteiger partial charge in [-0.2, -0.15) is 0 Å². The van der Waals surface area contributed by atoms with Crippen molar-refractivity contribution in [2.24, 2.45) is 0 Å². The molecule has 1 atom stereocenters. The van der Waals surface area contributed by atoms with Crippen LogP contribution in [0.1, 0.15) is 29.0 Å². The van der Waals surface area contributed by atoms with E-state index in [1.807, 2.05) is 24.3 Å². The molecule has 22 heavy (non-hydrogen) atoms. The molecule has 1 unspecified atom stereocenters. The molecule has 4 rings (SSSR count). The molecule has 2 heterocycles. The second-order valence-electron chi connectivity index (χ2n) is 5.74. The molecule has 4 heteroatoms. The molecule has 0 saturated heterocycles. The molecule has 0 saturated carbocycles. The van der Waals surface area contributed by atoms with Gasteiger partial charge in [-0.25, -0.2) is 0 Å². The zero-order valence-corrected chi connectivity index (χ0v) is 12.4. The summed E-state index contributed by atoms with van der Waals surface area (Å²) >= 11 is 0. The number of amides is 1. The van der Waals surface area contributed by atoms with E-state index in [0.29, 0.717) is 25.4 Å². The van der Waals surface area contributed by atoms with Gasteiger partial charge in [0.2, 0.25) is 5.91 Å². The third kappa shape index (κ3) is 2.11. The normalized spacial score (nSPS) is 19.3. The number of anilines is 1. The van der Waals surface area contributed by atoms with Gasteiger partial charge in [-0.05, 0) is 29.7 Å². The number of carbonyl (C=O) groups excluding carboxylic acids is 1. The Kier molecular flexibility index (Phi) is 3.03. The van der Waals surface area contributed by atoms with E-state index in [1.54, 1.807) is 0 Å². The van der Waals surface area contributed by atoms with Crippen LogP contribution in [-0.4, -0.2) is 19.1 Å². The van der Waals surface area contributed by atoms with Gasteiger partial charge in [-0.15, -0.1) is 0 Å². The van der Waals surface area contributed by atoms with Gasteiger partial charge in [0.05, 0.1) is 0 Å². The molecule has 1 N–H and O–H groups in total. The fourth-order valence-corrected chi connectivity index (χ4v) is 3.25. The quantitative estimate of drug-likeness (QED) is 0.878. The monoisotopic (exact) mass is 295 g/mol. The number of hydrogen-bond donors (Lipinski definition) is 1. The average Bonchev–Trinajstić information content (AvgIpc) is 2.53. The smallest absolute Gasteiger partial charge is 0.225 e. The maximum atomic E-state index is 12.1. The van der Waals surface area contributed by atoms with Gasteiger partial charge in [-0.1, -0.05) is 24.3 Å². The van der Waals surface area contributed by atoms with E-state index in [-0.39, 0.29) is 11.8 Å². The molecule has 2 aliphatic rings. The van der Waals surface area contributed by atoms with Crippen molar-refractivity contribution >= 4 is 11.6 Å². The van der Waals surface area contributed by atoms with Gasteiger partial charge < -0.3 is 14.8 Å². The van der Waals surface area contributed by atoms with Crippen molar-refractivity contribution in [1.82, 2.24) is 0 Å². The molecule has 0 radical (unpaired) electrons. The molecule has 4 nitrogen and oxygen atoms in total. The highest BCUT2D eigenvalue weighted by Gasteiger charge is 2.29. The van der Waals surface area contributed by atoms with Gasteiger partial charge in [0.1, 0.15) is 13.2 Å².